The molecule has 2 aromatic heterocycles. The number of nitrogens with one attached hydrogen (secondary N) is 1. The Morgan fingerprint density at radius 2 is 2.04 bits per heavy atom. The lowest BCUT2D eigenvalue weighted by atomic mass is 10.2. The van der Waals surface area contributed by atoms with E-state index >= 15 is 0 Å². The summed E-state index contributed by atoms with van der Waals surface area (Å²) in [6.45, 7) is 5.45. The standard InChI is InChI=1S/C16H19N7OS2/c1-11(2)9-23-16(20-21-22-23)25-10-13-18-19-15(26-13)14(24)17-8-12-6-4-3-5-7-12/h3-7,11H,8-10H2,1-2H3,(H,17,24). The number of rotatable bonds is 8. The summed E-state index contributed by atoms with van der Waals surface area (Å²) in [5, 5.41) is 24.5. The van der Waals surface area contributed by atoms with Crippen LogP contribution in [0.5, 0.6) is 0 Å². The molecule has 0 fully saturated rings. The molecule has 0 saturated heterocycles. The molecule has 26 heavy (non-hydrogen) atoms. The van der Waals surface area contributed by atoms with E-state index in [-0.39, 0.29) is 5.91 Å². The lowest BCUT2D eigenvalue weighted by molar-refractivity contribution is 0.0950. The van der Waals surface area contributed by atoms with Crippen molar-refractivity contribution < 1.29 is 4.79 Å². The maximum Gasteiger partial charge on any atom is 0.282 e. The van der Waals surface area contributed by atoms with Gasteiger partial charge in [0, 0.05) is 13.1 Å². The fourth-order valence-electron chi connectivity index (χ4n) is 2.14. The number of carbonyl (C=O) groups excluding carboxylic acids is 1. The van der Waals surface area contributed by atoms with Crippen LogP contribution in [-0.4, -0.2) is 36.3 Å². The number of benzene rings is 1. The highest BCUT2D eigenvalue weighted by Gasteiger charge is 2.14. The molecule has 136 valence electrons. The van der Waals surface area contributed by atoms with Crippen molar-refractivity contribution >= 4 is 29.0 Å². The van der Waals surface area contributed by atoms with Crippen molar-refractivity contribution in [2.24, 2.45) is 5.92 Å². The number of carbonyl (C=O) groups is 1. The Hall–Kier alpha value is -2.33. The Balaban J connectivity index is 1.53. The molecule has 0 aliphatic heterocycles. The van der Waals surface area contributed by atoms with E-state index in [0.29, 0.717) is 23.2 Å². The highest BCUT2D eigenvalue weighted by molar-refractivity contribution is 7.98. The predicted octanol–water partition coefficient (Wildman–Crippen LogP) is 2.40. The average Bonchev–Trinajstić information content (AvgIpc) is 3.28. The molecule has 1 amide bonds. The van der Waals surface area contributed by atoms with E-state index in [4.69, 9.17) is 0 Å². The van der Waals surface area contributed by atoms with Crippen molar-refractivity contribution in [3.8, 4) is 0 Å². The number of nitrogens with zero attached hydrogens (tertiary/aromatic N) is 6. The first-order chi connectivity index (χ1) is 12.6. The minimum absolute atomic E-state index is 0.216. The first-order valence-electron chi connectivity index (χ1n) is 8.15. The predicted molar refractivity (Wildman–Crippen MR) is 99.7 cm³/mol. The Morgan fingerprint density at radius 1 is 1.23 bits per heavy atom. The van der Waals surface area contributed by atoms with E-state index in [1.807, 2.05) is 30.3 Å². The Labute approximate surface area is 159 Å². The summed E-state index contributed by atoms with van der Waals surface area (Å²) < 4.78 is 1.78. The van der Waals surface area contributed by atoms with E-state index in [0.717, 1.165) is 22.3 Å². The minimum Gasteiger partial charge on any atom is -0.346 e. The normalized spacial score (nSPS) is 11.0. The van der Waals surface area contributed by atoms with Gasteiger partial charge in [0.2, 0.25) is 10.2 Å². The van der Waals surface area contributed by atoms with Gasteiger partial charge >= 0.3 is 0 Å². The smallest absolute Gasteiger partial charge is 0.282 e. The molecule has 0 atom stereocenters. The third-order valence-corrected chi connectivity index (χ3v) is 5.39. The summed E-state index contributed by atoms with van der Waals surface area (Å²) in [6, 6.07) is 9.74. The second-order valence-corrected chi connectivity index (χ2v) is 8.00. The van der Waals surface area contributed by atoms with Crippen LogP contribution in [0, 0.1) is 5.92 Å². The molecule has 0 aliphatic carbocycles. The van der Waals surface area contributed by atoms with Crippen LogP contribution in [0.4, 0.5) is 0 Å². The van der Waals surface area contributed by atoms with Crippen LogP contribution >= 0.6 is 23.1 Å². The fraction of sp³-hybridized carbons (Fsp3) is 0.375. The molecule has 1 N–H and O–H groups in total. The van der Waals surface area contributed by atoms with Gasteiger partial charge in [-0.1, -0.05) is 67.3 Å². The minimum atomic E-state index is -0.216. The third kappa shape index (κ3) is 5.09. The van der Waals surface area contributed by atoms with Crippen LogP contribution in [0.15, 0.2) is 35.5 Å². The molecular formula is C16H19N7OS2. The molecule has 0 spiro atoms. The van der Waals surface area contributed by atoms with Crippen LogP contribution in [0.2, 0.25) is 0 Å². The van der Waals surface area contributed by atoms with Crippen LogP contribution in [0.3, 0.4) is 0 Å². The van der Waals surface area contributed by atoms with Crippen molar-refractivity contribution in [1.82, 2.24) is 35.7 Å². The number of tetrazole rings is 1. The molecule has 3 aromatic rings. The van der Waals surface area contributed by atoms with Crippen molar-refractivity contribution in [3.05, 3.63) is 45.9 Å². The van der Waals surface area contributed by atoms with Crippen LogP contribution in [-0.2, 0) is 18.8 Å². The summed E-state index contributed by atoms with van der Waals surface area (Å²) in [4.78, 5) is 12.2. The van der Waals surface area contributed by atoms with Crippen LogP contribution in [0.1, 0.15) is 34.2 Å². The number of thioether (sulfide) groups is 1. The SMILES string of the molecule is CC(C)Cn1nnnc1SCc1nnc(C(=O)NCc2ccccc2)s1. The van der Waals surface area contributed by atoms with Gasteiger partial charge in [0.25, 0.3) is 5.91 Å². The number of hydrogen-bond donors (Lipinski definition) is 1. The second-order valence-electron chi connectivity index (χ2n) is 6.00. The zero-order chi connectivity index (χ0) is 18.4. The molecule has 0 bridgehead atoms. The molecular weight excluding hydrogens is 370 g/mol. The Morgan fingerprint density at radius 3 is 2.81 bits per heavy atom. The zero-order valence-corrected chi connectivity index (χ0v) is 16.1. The van der Waals surface area contributed by atoms with Crippen LogP contribution < -0.4 is 5.32 Å². The number of aromatic nitrogens is 6. The van der Waals surface area contributed by atoms with E-state index < -0.39 is 0 Å². The highest BCUT2D eigenvalue weighted by atomic mass is 32.2. The van der Waals surface area contributed by atoms with Gasteiger partial charge in [0.05, 0.1) is 5.75 Å². The van der Waals surface area contributed by atoms with E-state index in [1.165, 1.54) is 23.1 Å². The molecule has 8 nitrogen and oxygen atoms in total. The summed E-state index contributed by atoms with van der Waals surface area (Å²) in [5.74, 6) is 0.814. The monoisotopic (exact) mass is 389 g/mol. The van der Waals surface area contributed by atoms with Gasteiger partial charge in [-0.3, -0.25) is 4.79 Å². The second kappa shape index (κ2) is 8.86. The molecule has 2 heterocycles. The molecule has 0 saturated carbocycles. The van der Waals surface area contributed by atoms with Crippen molar-refractivity contribution in [1.29, 1.82) is 0 Å². The highest BCUT2D eigenvalue weighted by Crippen LogP contribution is 2.22. The van der Waals surface area contributed by atoms with Gasteiger partial charge in [-0.2, -0.15) is 0 Å². The van der Waals surface area contributed by atoms with Gasteiger partial charge in [-0.25, -0.2) is 4.68 Å². The summed E-state index contributed by atoms with van der Waals surface area (Å²) in [5.41, 5.74) is 1.04. The molecule has 0 radical (unpaired) electrons. The fourth-order valence-corrected chi connectivity index (χ4v) is 3.77. The summed E-state index contributed by atoms with van der Waals surface area (Å²) in [7, 11) is 0. The van der Waals surface area contributed by atoms with E-state index in [2.05, 4.69) is 44.9 Å². The van der Waals surface area contributed by atoms with Crippen LogP contribution in [0.25, 0.3) is 0 Å². The topological polar surface area (TPSA) is 98.5 Å². The zero-order valence-electron chi connectivity index (χ0n) is 14.5. The van der Waals surface area contributed by atoms with E-state index in [1.54, 1.807) is 4.68 Å². The van der Waals surface area contributed by atoms with Gasteiger partial charge < -0.3 is 5.32 Å². The third-order valence-electron chi connectivity index (χ3n) is 3.32. The molecule has 10 heteroatoms. The Bertz CT molecular complexity index is 847. The van der Waals surface area contributed by atoms with E-state index in [9.17, 15) is 4.79 Å². The maximum atomic E-state index is 12.2. The lowest BCUT2D eigenvalue weighted by Gasteiger charge is -2.05. The maximum absolute atomic E-state index is 12.2. The van der Waals surface area contributed by atoms with Crippen molar-refractivity contribution in [2.75, 3.05) is 0 Å². The average molecular weight is 390 g/mol. The van der Waals surface area contributed by atoms with Gasteiger partial charge in [-0.15, -0.1) is 15.3 Å². The van der Waals surface area contributed by atoms with Crippen molar-refractivity contribution in [2.45, 2.75) is 37.8 Å². The molecule has 0 aliphatic rings. The first-order valence-corrected chi connectivity index (χ1v) is 9.95. The molecule has 0 unspecified atom stereocenters. The molecule has 1 aromatic carbocycles. The largest absolute Gasteiger partial charge is 0.346 e. The number of amides is 1. The van der Waals surface area contributed by atoms with Gasteiger partial charge in [-0.05, 0) is 21.9 Å². The molecule has 3 rings (SSSR count). The van der Waals surface area contributed by atoms with Gasteiger partial charge in [0.1, 0.15) is 5.01 Å². The quantitative estimate of drug-likeness (QED) is 0.591. The summed E-state index contributed by atoms with van der Waals surface area (Å²) in [6.07, 6.45) is 0. The van der Waals surface area contributed by atoms with Crippen molar-refractivity contribution in [3.63, 3.8) is 0 Å². The Kier molecular flexibility index (Phi) is 6.29. The van der Waals surface area contributed by atoms with Gasteiger partial charge in [0.15, 0.2) is 0 Å². The summed E-state index contributed by atoms with van der Waals surface area (Å²) >= 11 is 2.77. The first kappa shape index (κ1) is 18.5. The number of hydrogen-bond acceptors (Lipinski definition) is 8. The lowest BCUT2D eigenvalue weighted by Crippen LogP contribution is -2.22.